The van der Waals surface area contributed by atoms with E-state index in [-0.39, 0.29) is 18.8 Å². The van der Waals surface area contributed by atoms with Gasteiger partial charge in [-0.15, -0.1) is 0 Å². The summed E-state index contributed by atoms with van der Waals surface area (Å²) in [6, 6.07) is 13.3. The van der Waals surface area contributed by atoms with Gasteiger partial charge in [0.25, 0.3) is 5.91 Å². The van der Waals surface area contributed by atoms with Crippen LogP contribution in [0.1, 0.15) is 21.6 Å². The Balaban J connectivity index is 1.72. The van der Waals surface area contributed by atoms with Crippen LogP contribution in [0.4, 0.5) is 13.2 Å². The van der Waals surface area contributed by atoms with Gasteiger partial charge in [-0.2, -0.15) is 18.3 Å². The highest BCUT2D eigenvalue weighted by Gasteiger charge is 2.40. The number of ether oxygens (including phenoxy) is 2. The number of carbonyl (C=O) groups excluding carboxylic acids is 1. The molecule has 0 radical (unpaired) electrons. The minimum atomic E-state index is -4.76. The lowest BCUT2D eigenvalue weighted by molar-refractivity contribution is -0.143. The molecular weight excluding hydrogens is 399 g/mol. The maximum Gasteiger partial charge on any atom is 0.434 e. The number of methoxy groups -OCH3 is 1. The van der Waals surface area contributed by atoms with Gasteiger partial charge >= 0.3 is 6.18 Å². The molecule has 0 saturated heterocycles. The fraction of sp³-hybridized carbons (Fsp3) is 0.238. The van der Waals surface area contributed by atoms with E-state index in [1.165, 1.54) is 19.2 Å². The van der Waals surface area contributed by atoms with E-state index in [9.17, 15) is 18.0 Å². The number of aromatic nitrogens is 2. The van der Waals surface area contributed by atoms with Crippen LogP contribution >= 0.6 is 0 Å². The van der Waals surface area contributed by atoms with Crippen molar-refractivity contribution in [3.05, 3.63) is 71.5 Å². The molecule has 2 aromatic carbocycles. The van der Waals surface area contributed by atoms with E-state index in [0.29, 0.717) is 11.5 Å². The summed E-state index contributed by atoms with van der Waals surface area (Å²) in [4.78, 5) is 12.4. The lowest BCUT2D eigenvalue weighted by Crippen LogP contribution is -2.30. The van der Waals surface area contributed by atoms with Gasteiger partial charge in [0.15, 0.2) is 17.2 Å². The molecule has 1 heterocycles. The molecule has 0 unspecified atom stereocenters. The third-order valence-corrected chi connectivity index (χ3v) is 4.28. The summed E-state index contributed by atoms with van der Waals surface area (Å²) in [5, 5.41) is 6.23. The van der Waals surface area contributed by atoms with Crippen LogP contribution < -0.4 is 14.8 Å². The zero-order chi connectivity index (χ0) is 21.7. The smallest absolute Gasteiger partial charge is 0.434 e. The van der Waals surface area contributed by atoms with Crippen molar-refractivity contribution in [2.24, 2.45) is 0 Å². The molecule has 0 aliphatic heterocycles. The average Bonchev–Trinajstić information content (AvgIpc) is 3.18. The predicted octanol–water partition coefficient (Wildman–Crippen LogP) is 4.02. The number of rotatable bonds is 7. The third-order valence-electron chi connectivity index (χ3n) is 4.28. The van der Waals surface area contributed by atoms with Crippen LogP contribution in [-0.2, 0) is 6.18 Å². The molecule has 9 heteroatoms. The van der Waals surface area contributed by atoms with Crippen molar-refractivity contribution in [2.45, 2.75) is 13.1 Å². The monoisotopic (exact) mass is 419 g/mol. The fourth-order valence-corrected chi connectivity index (χ4v) is 2.83. The van der Waals surface area contributed by atoms with Crippen LogP contribution in [0.5, 0.6) is 11.5 Å². The molecule has 30 heavy (non-hydrogen) atoms. The highest BCUT2D eigenvalue weighted by Crippen LogP contribution is 2.33. The molecule has 0 aliphatic carbocycles. The Morgan fingerprint density at radius 1 is 1.10 bits per heavy atom. The highest BCUT2D eigenvalue weighted by molar-refractivity contribution is 5.95. The summed E-state index contributed by atoms with van der Waals surface area (Å²) >= 11 is 0. The van der Waals surface area contributed by atoms with Gasteiger partial charge in [0.1, 0.15) is 6.61 Å². The number of benzene rings is 2. The Labute approximate surface area is 171 Å². The van der Waals surface area contributed by atoms with E-state index in [2.05, 4.69) is 10.4 Å². The average molecular weight is 419 g/mol. The Bertz CT molecular complexity index is 1010. The first-order valence-corrected chi connectivity index (χ1v) is 9.07. The van der Waals surface area contributed by atoms with E-state index in [1.807, 2.05) is 6.92 Å². The lowest BCUT2D eigenvalue weighted by atomic mass is 10.2. The molecule has 1 N–H and O–H groups in total. The normalized spacial score (nSPS) is 11.2. The SMILES string of the molecule is COc1ccccc1OCCNC(=O)c1cnn(-c2ccc(C)cc2)c1C(F)(F)F. The summed E-state index contributed by atoms with van der Waals surface area (Å²) < 4.78 is 52.4. The van der Waals surface area contributed by atoms with Gasteiger partial charge in [-0.25, -0.2) is 4.68 Å². The van der Waals surface area contributed by atoms with E-state index in [4.69, 9.17) is 9.47 Å². The number of carbonyl (C=O) groups is 1. The van der Waals surface area contributed by atoms with Gasteiger partial charge in [0.05, 0.1) is 31.1 Å². The molecule has 0 saturated carbocycles. The Morgan fingerprint density at radius 2 is 1.77 bits per heavy atom. The molecule has 1 aromatic heterocycles. The Hall–Kier alpha value is -3.49. The first-order valence-electron chi connectivity index (χ1n) is 9.07. The zero-order valence-corrected chi connectivity index (χ0v) is 16.4. The maximum absolute atomic E-state index is 13.7. The molecule has 3 rings (SSSR count). The van der Waals surface area contributed by atoms with Gasteiger partial charge in [0.2, 0.25) is 0 Å². The number of hydrogen-bond acceptors (Lipinski definition) is 4. The molecule has 0 atom stereocenters. The number of amides is 1. The summed E-state index contributed by atoms with van der Waals surface area (Å²) in [7, 11) is 1.49. The number of para-hydroxylation sites is 2. The summed E-state index contributed by atoms with van der Waals surface area (Å²) in [6.07, 6.45) is -3.85. The number of aryl methyl sites for hydroxylation is 1. The second-order valence-electron chi connectivity index (χ2n) is 6.41. The molecule has 158 valence electrons. The number of halogens is 3. The van der Waals surface area contributed by atoms with Crippen LogP contribution in [0.25, 0.3) is 5.69 Å². The molecule has 0 aliphatic rings. The van der Waals surface area contributed by atoms with Crippen molar-refractivity contribution < 1.29 is 27.4 Å². The second-order valence-corrected chi connectivity index (χ2v) is 6.41. The third kappa shape index (κ3) is 4.73. The van der Waals surface area contributed by atoms with E-state index in [0.717, 1.165) is 16.4 Å². The van der Waals surface area contributed by atoms with Crippen LogP contribution in [0.2, 0.25) is 0 Å². The number of nitrogens with one attached hydrogen (secondary N) is 1. The van der Waals surface area contributed by atoms with Crippen molar-refractivity contribution in [2.75, 3.05) is 20.3 Å². The zero-order valence-electron chi connectivity index (χ0n) is 16.4. The first-order chi connectivity index (χ1) is 14.3. The molecule has 0 spiro atoms. The molecule has 0 bridgehead atoms. The highest BCUT2D eigenvalue weighted by atomic mass is 19.4. The first kappa shape index (κ1) is 21.2. The van der Waals surface area contributed by atoms with E-state index in [1.54, 1.807) is 36.4 Å². The summed E-state index contributed by atoms with van der Waals surface area (Å²) in [6.45, 7) is 1.88. The minimum Gasteiger partial charge on any atom is -0.493 e. The van der Waals surface area contributed by atoms with Gasteiger partial charge in [-0.05, 0) is 31.2 Å². The molecule has 3 aromatic rings. The van der Waals surface area contributed by atoms with Crippen molar-refractivity contribution in [3.63, 3.8) is 0 Å². The van der Waals surface area contributed by atoms with E-state index < -0.39 is 23.3 Å². The molecule has 6 nitrogen and oxygen atoms in total. The van der Waals surface area contributed by atoms with Gasteiger partial charge in [0, 0.05) is 0 Å². The van der Waals surface area contributed by atoms with Gasteiger partial charge in [-0.3, -0.25) is 4.79 Å². The largest absolute Gasteiger partial charge is 0.493 e. The van der Waals surface area contributed by atoms with Crippen molar-refractivity contribution in [1.29, 1.82) is 0 Å². The van der Waals surface area contributed by atoms with Crippen LogP contribution in [0, 0.1) is 6.92 Å². The van der Waals surface area contributed by atoms with Crippen LogP contribution in [-0.4, -0.2) is 35.9 Å². The molecular formula is C21H20F3N3O3. The number of hydrogen-bond donors (Lipinski definition) is 1. The Kier molecular flexibility index (Phi) is 6.29. The second kappa shape index (κ2) is 8.89. The number of nitrogens with zero attached hydrogens (tertiary/aromatic N) is 2. The summed E-state index contributed by atoms with van der Waals surface area (Å²) in [5.74, 6) is 0.101. The van der Waals surface area contributed by atoms with Crippen molar-refractivity contribution in [1.82, 2.24) is 15.1 Å². The van der Waals surface area contributed by atoms with Crippen LogP contribution in [0.15, 0.2) is 54.7 Å². The predicted molar refractivity (Wildman–Crippen MR) is 104 cm³/mol. The van der Waals surface area contributed by atoms with E-state index >= 15 is 0 Å². The van der Waals surface area contributed by atoms with Crippen molar-refractivity contribution in [3.8, 4) is 17.2 Å². The maximum atomic E-state index is 13.7. The summed E-state index contributed by atoms with van der Waals surface area (Å²) in [5.41, 5.74) is -0.575. The van der Waals surface area contributed by atoms with Crippen LogP contribution in [0.3, 0.4) is 0 Å². The van der Waals surface area contributed by atoms with Gasteiger partial charge in [-0.1, -0.05) is 29.8 Å². The quantitative estimate of drug-likeness (QED) is 0.588. The van der Waals surface area contributed by atoms with Crippen molar-refractivity contribution >= 4 is 5.91 Å². The standard InChI is InChI=1S/C21H20F3N3O3/c1-14-7-9-15(10-8-14)27-19(21(22,23)24)16(13-26-27)20(28)25-11-12-30-18-6-4-3-5-17(18)29-2/h3-10,13H,11-12H2,1-2H3,(H,25,28). The molecule has 0 fully saturated rings. The van der Waals surface area contributed by atoms with Gasteiger partial charge < -0.3 is 14.8 Å². The fourth-order valence-electron chi connectivity index (χ4n) is 2.83. The lowest BCUT2D eigenvalue weighted by Gasteiger charge is -2.13. The Morgan fingerprint density at radius 3 is 2.40 bits per heavy atom. The minimum absolute atomic E-state index is 0.00386. The molecule has 1 amide bonds. The topological polar surface area (TPSA) is 65.4 Å². The number of alkyl halides is 3.